The summed E-state index contributed by atoms with van der Waals surface area (Å²) in [5.41, 5.74) is 0. The molecule has 0 rings (SSSR count). The van der Waals surface area contributed by atoms with Gasteiger partial charge in [-0.1, -0.05) is 0 Å². The Morgan fingerprint density at radius 3 is 1.67 bits per heavy atom. The highest BCUT2D eigenvalue weighted by Gasteiger charge is 2.40. The molecule has 8 heteroatoms. The van der Waals surface area contributed by atoms with Gasteiger partial charge in [-0.05, 0) is 6.92 Å². The number of methoxy groups -OCH3 is 1. The van der Waals surface area contributed by atoms with E-state index in [1.807, 2.05) is 0 Å². The summed E-state index contributed by atoms with van der Waals surface area (Å²) < 4.78 is 32.9. The third-order valence-corrected chi connectivity index (χ3v) is 2.56. The van der Waals surface area contributed by atoms with E-state index in [-0.39, 0.29) is 0 Å². The first-order chi connectivity index (χ1) is 9.72. The summed E-state index contributed by atoms with van der Waals surface area (Å²) in [6.45, 7) is 3.90. The Morgan fingerprint density at radius 1 is 0.905 bits per heavy atom. The maximum atomic E-state index is 13.0. The van der Waals surface area contributed by atoms with E-state index >= 15 is 0 Å². The molecule has 0 radical (unpaired) electrons. The standard InChI is InChI=1S/C13H21FO7/c1-7(19-8(2)15)12(20-9(3)16)13(21-10(4)17)11(6-14)18-5/h7,11-13H,6H2,1-5H3. The second-order valence-electron chi connectivity index (χ2n) is 4.39. The van der Waals surface area contributed by atoms with Crippen molar-refractivity contribution in [2.24, 2.45) is 0 Å². The molecule has 0 aromatic heterocycles. The van der Waals surface area contributed by atoms with Crippen molar-refractivity contribution in [1.82, 2.24) is 0 Å². The Morgan fingerprint density at radius 2 is 1.33 bits per heavy atom. The number of hydrogen-bond donors (Lipinski definition) is 0. The highest BCUT2D eigenvalue weighted by molar-refractivity contribution is 5.68. The third kappa shape index (κ3) is 7.03. The number of ether oxygens (including phenoxy) is 4. The van der Waals surface area contributed by atoms with Crippen molar-refractivity contribution < 1.29 is 37.7 Å². The molecule has 0 aliphatic heterocycles. The molecule has 7 nitrogen and oxygen atoms in total. The van der Waals surface area contributed by atoms with E-state index in [2.05, 4.69) is 0 Å². The van der Waals surface area contributed by atoms with Crippen LogP contribution in [0.2, 0.25) is 0 Å². The number of esters is 3. The Labute approximate surface area is 122 Å². The van der Waals surface area contributed by atoms with Gasteiger partial charge in [0.15, 0.2) is 12.2 Å². The van der Waals surface area contributed by atoms with E-state index in [1.54, 1.807) is 0 Å². The first-order valence-corrected chi connectivity index (χ1v) is 6.33. The Kier molecular flexibility index (Phi) is 8.52. The van der Waals surface area contributed by atoms with Crippen LogP contribution in [0, 0.1) is 0 Å². The maximum Gasteiger partial charge on any atom is 0.303 e. The smallest absolute Gasteiger partial charge is 0.303 e. The van der Waals surface area contributed by atoms with Gasteiger partial charge in [0.05, 0.1) is 0 Å². The monoisotopic (exact) mass is 308 g/mol. The van der Waals surface area contributed by atoms with Crippen LogP contribution in [0.1, 0.15) is 27.7 Å². The summed E-state index contributed by atoms with van der Waals surface area (Å²) in [6.07, 6.45) is -4.53. The summed E-state index contributed by atoms with van der Waals surface area (Å²) in [6, 6.07) is 0. The molecule has 0 saturated carbocycles. The van der Waals surface area contributed by atoms with Crippen molar-refractivity contribution in [1.29, 1.82) is 0 Å². The molecule has 0 fully saturated rings. The van der Waals surface area contributed by atoms with Gasteiger partial charge in [-0.2, -0.15) is 0 Å². The van der Waals surface area contributed by atoms with Crippen LogP contribution in [0.3, 0.4) is 0 Å². The van der Waals surface area contributed by atoms with E-state index in [0.717, 1.165) is 13.8 Å². The van der Waals surface area contributed by atoms with Crippen molar-refractivity contribution in [2.45, 2.75) is 52.1 Å². The average Bonchev–Trinajstić information content (AvgIpc) is 2.34. The van der Waals surface area contributed by atoms with Crippen molar-refractivity contribution in [3.8, 4) is 0 Å². The minimum atomic E-state index is -1.24. The lowest BCUT2D eigenvalue weighted by atomic mass is 10.0. The lowest BCUT2D eigenvalue weighted by Gasteiger charge is -2.33. The van der Waals surface area contributed by atoms with Crippen LogP contribution in [0.15, 0.2) is 0 Å². The topological polar surface area (TPSA) is 88.1 Å². The minimum Gasteiger partial charge on any atom is -0.459 e. The lowest BCUT2D eigenvalue weighted by Crippen LogP contribution is -2.50. The Hall–Kier alpha value is -1.70. The third-order valence-electron chi connectivity index (χ3n) is 2.56. The van der Waals surface area contributed by atoms with Crippen LogP contribution >= 0.6 is 0 Å². The molecule has 0 bridgehead atoms. The predicted octanol–water partition coefficient (Wildman–Crippen LogP) is 0.786. The maximum absolute atomic E-state index is 13.0. The molecule has 0 N–H and O–H groups in total. The summed E-state index contributed by atoms with van der Waals surface area (Å²) in [4.78, 5) is 33.4. The summed E-state index contributed by atoms with van der Waals surface area (Å²) in [5.74, 6) is -2.01. The number of halogens is 1. The molecule has 4 atom stereocenters. The van der Waals surface area contributed by atoms with E-state index < -0.39 is 49.0 Å². The SMILES string of the molecule is COC(CF)C(OC(C)=O)C(OC(C)=O)C(C)OC(C)=O. The van der Waals surface area contributed by atoms with Gasteiger partial charge < -0.3 is 18.9 Å². The number of alkyl halides is 1. The van der Waals surface area contributed by atoms with Crippen LogP contribution in [-0.4, -0.2) is 56.1 Å². The molecule has 0 spiro atoms. The highest BCUT2D eigenvalue weighted by atomic mass is 19.1. The molecular weight excluding hydrogens is 287 g/mol. The second-order valence-corrected chi connectivity index (χ2v) is 4.39. The molecule has 0 saturated heterocycles. The molecule has 4 unspecified atom stereocenters. The number of rotatable bonds is 8. The van der Waals surface area contributed by atoms with Gasteiger partial charge in [-0.25, -0.2) is 4.39 Å². The number of hydrogen-bond acceptors (Lipinski definition) is 7. The first kappa shape index (κ1) is 19.3. The zero-order chi connectivity index (χ0) is 16.6. The van der Waals surface area contributed by atoms with Crippen molar-refractivity contribution in [3.63, 3.8) is 0 Å². The van der Waals surface area contributed by atoms with Gasteiger partial charge in [-0.15, -0.1) is 0 Å². The van der Waals surface area contributed by atoms with E-state index in [4.69, 9.17) is 18.9 Å². The fourth-order valence-corrected chi connectivity index (χ4v) is 1.78. The predicted molar refractivity (Wildman–Crippen MR) is 69.1 cm³/mol. The molecule has 122 valence electrons. The fourth-order valence-electron chi connectivity index (χ4n) is 1.78. The summed E-state index contributed by atoms with van der Waals surface area (Å²) >= 11 is 0. The molecule has 21 heavy (non-hydrogen) atoms. The molecule has 0 aliphatic rings. The zero-order valence-electron chi connectivity index (χ0n) is 12.8. The van der Waals surface area contributed by atoms with Gasteiger partial charge in [0.1, 0.15) is 18.9 Å². The van der Waals surface area contributed by atoms with Crippen LogP contribution in [0.4, 0.5) is 4.39 Å². The van der Waals surface area contributed by atoms with Gasteiger partial charge in [0.2, 0.25) is 0 Å². The fraction of sp³-hybridized carbons (Fsp3) is 0.769. The highest BCUT2D eigenvalue weighted by Crippen LogP contribution is 2.19. The van der Waals surface area contributed by atoms with Crippen molar-refractivity contribution >= 4 is 17.9 Å². The van der Waals surface area contributed by atoms with E-state index in [1.165, 1.54) is 21.0 Å². The van der Waals surface area contributed by atoms with Gasteiger partial charge in [-0.3, -0.25) is 14.4 Å². The number of carbonyl (C=O) groups is 3. The first-order valence-electron chi connectivity index (χ1n) is 6.33. The largest absolute Gasteiger partial charge is 0.459 e. The van der Waals surface area contributed by atoms with E-state index in [9.17, 15) is 18.8 Å². The van der Waals surface area contributed by atoms with E-state index in [0.29, 0.717) is 0 Å². The van der Waals surface area contributed by atoms with Crippen molar-refractivity contribution in [3.05, 3.63) is 0 Å². The summed E-state index contributed by atoms with van der Waals surface area (Å²) in [5, 5.41) is 0. The molecule has 0 aliphatic carbocycles. The average molecular weight is 308 g/mol. The van der Waals surface area contributed by atoms with Crippen LogP contribution in [0.5, 0.6) is 0 Å². The Bertz CT molecular complexity index is 368. The zero-order valence-corrected chi connectivity index (χ0v) is 12.8. The van der Waals surface area contributed by atoms with Crippen LogP contribution in [-0.2, 0) is 33.3 Å². The molecule has 0 heterocycles. The van der Waals surface area contributed by atoms with Gasteiger partial charge >= 0.3 is 17.9 Å². The van der Waals surface area contributed by atoms with Crippen molar-refractivity contribution in [2.75, 3.05) is 13.8 Å². The Balaban J connectivity index is 5.36. The molecular formula is C13H21FO7. The normalized spacial score (nSPS) is 16.3. The lowest BCUT2D eigenvalue weighted by molar-refractivity contribution is -0.193. The molecule has 0 aromatic rings. The summed E-state index contributed by atoms with van der Waals surface area (Å²) in [7, 11) is 1.22. The van der Waals surface area contributed by atoms with Crippen LogP contribution < -0.4 is 0 Å². The molecule has 0 amide bonds. The second kappa shape index (κ2) is 9.28. The van der Waals surface area contributed by atoms with Gasteiger partial charge in [0, 0.05) is 27.9 Å². The number of carbonyl (C=O) groups excluding carboxylic acids is 3. The quantitative estimate of drug-likeness (QED) is 0.484. The van der Waals surface area contributed by atoms with Gasteiger partial charge in [0.25, 0.3) is 0 Å². The van der Waals surface area contributed by atoms with Crippen LogP contribution in [0.25, 0.3) is 0 Å². The molecule has 0 aromatic carbocycles. The minimum absolute atomic E-state index is 0.615.